The van der Waals surface area contributed by atoms with E-state index in [4.69, 9.17) is 12.2 Å². The smallest absolute Gasteiger partial charge is 0.273 e. The average Bonchev–Trinajstić information content (AvgIpc) is 2.91. The number of thiazole rings is 1. The van der Waals surface area contributed by atoms with E-state index in [1.807, 2.05) is 32.0 Å². The molecule has 2 aromatic heterocycles. The van der Waals surface area contributed by atoms with E-state index in [9.17, 15) is 9.59 Å². The number of nitrogens with one attached hydrogen (secondary N) is 1. The number of aryl methyl sites for hydroxylation is 2. The van der Waals surface area contributed by atoms with Crippen molar-refractivity contribution < 1.29 is 4.79 Å². The van der Waals surface area contributed by atoms with Crippen molar-refractivity contribution in [3.63, 3.8) is 0 Å². The minimum Gasteiger partial charge on any atom is -0.324 e. The molecule has 8 heteroatoms. The van der Waals surface area contributed by atoms with Gasteiger partial charge in [0.15, 0.2) is 9.60 Å². The van der Waals surface area contributed by atoms with E-state index in [-0.39, 0.29) is 18.0 Å². The number of allylic oxidation sites excluding steroid dienone is 1. The van der Waals surface area contributed by atoms with E-state index in [1.165, 1.54) is 22.2 Å². The summed E-state index contributed by atoms with van der Waals surface area (Å²) in [7, 11) is 0. The summed E-state index contributed by atoms with van der Waals surface area (Å²) in [4.78, 5) is 29.4. The van der Waals surface area contributed by atoms with Crippen molar-refractivity contribution in [2.75, 3.05) is 5.32 Å². The van der Waals surface area contributed by atoms with Gasteiger partial charge in [0.1, 0.15) is 17.6 Å². The van der Waals surface area contributed by atoms with Gasteiger partial charge < -0.3 is 9.88 Å². The Morgan fingerprint density at radius 2 is 2.19 bits per heavy atom. The molecule has 0 aliphatic carbocycles. The lowest BCUT2D eigenvalue weighted by molar-refractivity contribution is -0.116. The summed E-state index contributed by atoms with van der Waals surface area (Å²) in [6.07, 6.45) is 3.08. The second-order valence-electron chi connectivity index (χ2n) is 5.96. The van der Waals surface area contributed by atoms with E-state index >= 15 is 0 Å². The molecule has 134 valence electrons. The van der Waals surface area contributed by atoms with Crippen LogP contribution in [0.5, 0.6) is 0 Å². The highest BCUT2D eigenvalue weighted by Gasteiger charge is 2.13. The first kappa shape index (κ1) is 18.2. The van der Waals surface area contributed by atoms with Gasteiger partial charge in [0.2, 0.25) is 5.91 Å². The van der Waals surface area contributed by atoms with Crippen LogP contribution < -0.4 is 10.9 Å². The SMILES string of the molecule is C=CCn1c(=S)sc2c(=O)n(CC(=O)Nc3cc(C)ccc3C)cnc21. The molecule has 0 aliphatic rings. The number of carbonyl (C=O) groups excluding carboxylic acids is 1. The van der Waals surface area contributed by atoms with Crippen molar-refractivity contribution in [1.29, 1.82) is 0 Å². The molecule has 3 rings (SSSR count). The van der Waals surface area contributed by atoms with Gasteiger partial charge in [-0.3, -0.25) is 14.2 Å². The van der Waals surface area contributed by atoms with E-state index in [2.05, 4.69) is 16.9 Å². The first-order chi connectivity index (χ1) is 12.4. The second-order valence-corrected chi connectivity index (χ2v) is 7.61. The fourth-order valence-corrected chi connectivity index (χ4v) is 3.91. The molecule has 0 saturated heterocycles. The molecule has 0 saturated carbocycles. The molecule has 0 spiro atoms. The molecule has 0 radical (unpaired) electrons. The monoisotopic (exact) mass is 386 g/mol. The molecule has 2 heterocycles. The Morgan fingerprint density at radius 3 is 2.92 bits per heavy atom. The fourth-order valence-electron chi connectivity index (χ4n) is 2.59. The number of aromatic nitrogens is 3. The van der Waals surface area contributed by atoms with Crippen LogP contribution in [0.3, 0.4) is 0 Å². The summed E-state index contributed by atoms with van der Waals surface area (Å²) in [5.74, 6) is -0.281. The Balaban J connectivity index is 1.89. The number of hydrogen-bond donors (Lipinski definition) is 1. The maximum absolute atomic E-state index is 12.7. The van der Waals surface area contributed by atoms with Crippen molar-refractivity contribution in [2.45, 2.75) is 26.9 Å². The molecule has 0 fully saturated rings. The summed E-state index contributed by atoms with van der Waals surface area (Å²) in [6.45, 7) is 7.95. The van der Waals surface area contributed by atoms with Crippen LogP contribution in [0, 0.1) is 17.8 Å². The van der Waals surface area contributed by atoms with E-state index in [0.717, 1.165) is 16.8 Å². The van der Waals surface area contributed by atoms with Gasteiger partial charge in [-0.25, -0.2) is 4.98 Å². The lowest BCUT2D eigenvalue weighted by Gasteiger charge is -2.10. The van der Waals surface area contributed by atoms with Crippen molar-refractivity contribution in [3.05, 3.63) is 62.6 Å². The third-order valence-corrected chi connectivity index (χ3v) is 5.36. The minimum atomic E-state index is -0.281. The summed E-state index contributed by atoms with van der Waals surface area (Å²) in [5.41, 5.74) is 3.00. The van der Waals surface area contributed by atoms with Gasteiger partial charge in [0.05, 0.1) is 0 Å². The lowest BCUT2D eigenvalue weighted by Crippen LogP contribution is -2.28. The average molecular weight is 387 g/mol. The predicted molar refractivity (Wildman–Crippen MR) is 107 cm³/mol. The number of rotatable bonds is 5. The minimum absolute atomic E-state index is 0.110. The molecule has 1 N–H and O–H groups in total. The van der Waals surface area contributed by atoms with Crippen molar-refractivity contribution in [1.82, 2.24) is 14.1 Å². The third kappa shape index (κ3) is 3.51. The highest BCUT2D eigenvalue weighted by atomic mass is 32.1. The summed E-state index contributed by atoms with van der Waals surface area (Å²) >= 11 is 6.49. The van der Waals surface area contributed by atoms with E-state index in [0.29, 0.717) is 20.8 Å². The molecule has 3 aromatic rings. The van der Waals surface area contributed by atoms with Crippen molar-refractivity contribution >= 4 is 45.5 Å². The first-order valence-electron chi connectivity index (χ1n) is 7.97. The van der Waals surface area contributed by atoms with Gasteiger partial charge in [-0.2, -0.15) is 0 Å². The van der Waals surface area contributed by atoms with Crippen LogP contribution in [0.4, 0.5) is 5.69 Å². The topological polar surface area (TPSA) is 68.9 Å². The zero-order valence-corrected chi connectivity index (χ0v) is 16.1. The fraction of sp³-hybridized carbons (Fsp3) is 0.222. The molecule has 0 atom stereocenters. The number of nitrogens with zero attached hydrogens (tertiary/aromatic N) is 3. The summed E-state index contributed by atoms with van der Waals surface area (Å²) in [6, 6.07) is 5.83. The first-order valence-corrected chi connectivity index (χ1v) is 9.20. The Kier molecular flexibility index (Phi) is 5.15. The van der Waals surface area contributed by atoms with Crippen LogP contribution in [0.2, 0.25) is 0 Å². The third-order valence-electron chi connectivity index (χ3n) is 3.94. The second kappa shape index (κ2) is 7.35. The summed E-state index contributed by atoms with van der Waals surface area (Å²) < 4.78 is 4.05. The predicted octanol–water partition coefficient (Wildman–Crippen LogP) is 3.43. The van der Waals surface area contributed by atoms with Gasteiger partial charge in [-0.05, 0) is 43.3 Å². The largest absolute Gasteiger partial charge is 0.324 e. The molecule has 26 heavy (non-hydrogen) atoms. The van der Waals surface area contributed by atoms with Gasteiger partial charge in [0.25, 0.3) is 5.56 Å². The van der Waals surface area contributed by atoms with Gasteiger partial charge in [-0.1, -0.05) is 29.5 Å². The number of anilines is 1. The molecular weight excluding hydrogens is 368 g/mol. The number of carbonyl (C=O) groups is 1. The molecule has 0 bridgehead atoms. The molecular formula is C18H18N4O2S2. The zero-order valence-electron chi connectivity index (χ0n) is 14.5. The van der Waals surface area contributed by atoms with Crippen LogP contribution in [-0.2, 0) is 17.9 Å². The van der Waals surface area contributed by atoms with Gasteiger partial charge >= 0.3 is 0 Å². The Morgan fingerprint density at radius 1 is 1.42 bits per heavy atom. The van der Waals surface area contributed by atoms with E-state index in [1.54, 1.807) is 10.6 Å². The van der Waals surface area contributed by atoms with Gasteiger partial charge in [-0.15, -0.1) is 6.58 Å². The number of amides is 1. The summed E-state index contributed by atoms with van der Waals surface area (Å²) in [5, 5.41) is 2.85. The van der Waals surface area contributed by atoms with Crippen molar-refractivity contribution in [3.8, 4) is 0 Å². The van der Waals surface area contributed by atoms with Crippen LogP contribution in [-0.4, -0.2) is 20.0 Å². The molecule has 0 aliphatic heterocycles. The lowest BCUT2D eigenvalue weighted by atomic mass is 10.1. The Hall–Kier alpha value is -2.58. The highest BCUT2D eigenvalue weighted by molar-refractivity contribution is 7.73. The standard InChI is InChI=1S/C18H18N4O2S2/c1-4-7-22-16-15(26-18(22)25)17(24)21(10-19-16)9-14(23)20-13-8-11(2)5-6-12(13)3/h4-6,8,10H,1,7,9H2,2-3H3,(H,20,23). The Labute approximate surface area is 159 Å². The molecule has 6 nitrogen and oxygen atoms in total. The van der Waals surface area contributed by atoms with Crippen LogP contribution in [0.1, 0.15) is 11.1 Å². The molecule has 0 unspecified atom stereocenters. The van der Waals surface area contributed by atoms with Crippen LogP contribution >= 0.6 is 23.6 Å². The van der Waals surface area contributed by atoms with Crippen molar-refractivity contribution in [2.24, 2.45) is 0 Å². The number of hydrogen-bond acceptors (Lipinski definition) is 5. The maximum Gasteiger partial charge on any atom is 0.273 e. The highest BCUT2D eigenvalue weighted by Crippen LogP contribution is 2.18. The maximum atomic E-state index is 12.7. The Bertz CT molecular complexity index is 1120. The quantitative estimate of drug-likeness (QED) is 0.539. The van der Waals surface area contributed by atoms with Gasteiger partial charge in [0, 0.05) is 12.2 Å². The normalized spacial score (nSPS) is 10.8. The van der Waals surface area contributed by atoms with Crippen LogP contribution in [0.25, 0.3) is 10.3 Å². The number of fused-ring (bicyclic) bond motifs is 1. The molecule has 1 aromatic carbocycles. The van der Waals surface area contributed by atoms with E-state index < -0.39 is 0 Å². The number of benzene rings is 1. The molecule has 1 amide bonds. The van der Waals surface area contributed by atoms with Crippen LogP contribution in [0.15, 0.2) is 42.0 Å². The zero-order chi connectivity index (χ0) is 18.8.